The molecule has 162 valence electrons. The molecule has 0 saturated carbocycles. The molecule has 8 nitrogen and oxygen atoms in total. The average molecular weight is 452 g/mol. The van der Waals surface area contributed by atoms with E-state index in [1.165, 1.54) is 6.08 Å². The van der Waals surface area contributed by atoms with Crippen molar-refractivity contribution in [3.05, 3.63) is 77.1 Å². The van der Waals surface area contributed by atoms with Gasteiger partial charge in [0.25, 0.3) is 5.91 Å². The molecule has 0 atom stereocenters. The third kappa shape index (κ3) is 4.65. The Bertz CT molecular complexity index is 1200. The predicted octanol–water partition coefficient (Wildman–Crippen LogP) is 4.14. The molecule has 2 heterocycles. The number of carbonyl (C=O) groups is 3. The zero-order valence-corrected chi connectivity index (χ0v) is 17.7. The molecule has 4 rings (SSSR count). The highest BCUT2D eigenvalue weighted by atomic mass is 35.5. The first-order chi connectivity index (χ1) is 15.4. The number of rotatable bonds is 6. The van der Waals surface area contributed by atoms with Crippen molar-refractivity contribution in [3.63, 3.8) is 0 Å². The first-order valence-corrected chi connectivity index (χ1v) is 9.95. The maximum atomic E-state index is 12.6. The van der Waals surface area contributed by atoms with Gasteiger partial charge in [0.05, 0.1) is 7.11 Å². The molecule has 0 unspecified atom stereocenters. The van der Waals surface area contributed by atoms with E-state index in [0.717, 1.165) is 16.2 Å². The van der Waals surface area contributed by atoms with Crippen LogP contribution in [0.4, 0.5) is 10.5 Å². The Morgan fingerprint density at radius 1 is 1.09 bits per heavy atom. The lowest BCUT2D eigenvalue weighted by atomic mass is 10.2. The summed E-state index contributed by atoms with van der Waals surface area (Å²) >= 11 is 5.82. The number of nitrogens with one attached hydrogen (secondary N) is 2. The molecule has 0 aliphatic carbocycles. The number of amides is 4. The van der Waals surface area contributed by atoms with Crippen molar-refractivity contribution in [3.8, 4) is 17.1 Å². The summed E-state index contributed by atoms with van der Waals surface area (Å²) in [6.45, 7) is -0.431. The number of halogens is 1. The van der Waals surface area contributed by atoms with E-state index in [4.69, 9.17) is 20.8 Å². The van der Waals surface area contributed by atoms with E-state index in [9.17, 15) is 14.4 Å². The lowest BCUT2D eigenvalue weighted by Crippen LogP contribution is -2.38. The van der Waals surface area contributed by atoms with Crippen LogP contribution in [-0.4, -0.2) is 36.4 Å². The van der Waals surface area contributed by atoms with Gasteiger partial charge in [-0.15, -0.1) is 0 Å². The van der Waals surface area contributed by atoms with Crippen LogP contribution >= 0.6 is 11.6 Å². The van der Waals surface area contributed by atoms with Crippen LogP contribution in [0.25, 0.3) is 17.4 Å². The number of anilines is 1. The lowest BCUT2D eigenvalue weighted by molar-refractivity contribution is -0.127. The van der Waals surface area contributed by atoms with Gasteiger partial charge in [0.1, 0.15) is 29.5 Å². The summed E-state index contributed by atoms with van der Waals surface area (Å²) < 4.78 is 10.9. The fraction of sp³-hybridized carbons (Fsp3) is 0.0870. The molecule has 4 amide bonds. The summed E-state index contributed by atoms with van der Waals surface area (Å²) in [7, 11) is 1.59. The third-order valence-electron chi connectivity index (χ3n) is 4.68. The Labute approximate surface area is 188 Å². The number of hydrogen-bond donors (Lipinski definition) is 2. The molecule has 2 N–H and O–H groups in total. The van der Waals surface area contributed by atoms with Crippen molar-refractivity contribution >= 4 is 41.2 Å². The molecule has 9 heteroatoms. The van der Waals surface area contributed by atoms with Gasteiger partial charge in [0, 0.05) is 22.3 Å². The summed E-state index contributed by atoms with van der Waals surface area (Å²) in [5.41, 5.74) is 1.35. The van der Waals surface area contributed by atoms with E-state index in [-0.39, 0.29) is 5.70 Å². The maximum Gasteiger partial charge on any atom is 0.329 e. The van der Waals surface area contributed by atoms with Crippen LogP contribution < -0.4 is 15.4 Å². The van der Waals surface area contributed by atoms with Crippen LogP contribution in [0.1, 0.15) is 5.76 Å². The van der Waals surface area contributed by atoms with E-state index in [2.05, 4.69) is 10.6 Å². The van der Waals surface area contributed by atoms with E-state index >= 15 is 0 Å². The number of hydrogen-bond acceptors (Lipinski definition) is 5. The first kappa shape index (κ1) is 21.2. The molecule has 0 bridgehead atoms. The largest absolute Gasteiger partial charge is 0.497 e. The number of imide groups is 1. The number of furan rings is 1. The first-order valence-electron chi connectivity index (χ1n) is 9.57. The number of ether oxygens (including phenoxy) is 1. The quantitative estimate of drug-likeness (QED) is 0.433. The molecule has 1 fully saturated rings. The van der Waals surface area contributed by atoms with E-state index in [1.807, 2.05) is 24.3 Å². The van der Waals surface area contributed by atoms with Crippen molar-refractivity contribution in [2.45, 2.75) is 0 Å². The lowest BCUT2D eigenvalue weighted by Gasteiger charge is -2.11. The molecule has 0 spiro atoms. The number of methoxy groups -OCH3 is 1. The van der Waals surface area contributed by atoms with Gasteiger partial charge in [-0.1, -0.05) is 11.6 Å². The Balaban J connectivity index is 1.43. The Morgan fingerprint density at radius 3 is 2.50 bits per heavy atom. The maximum absolute atomic E-state index is 12.6. The van der Waals surface area contributed by atoms with Crippen LogP contribution in [0, 0.1) is 0 Å². The zero-order valence-electron chi connectivity index (χ0n) is 16.9. The van der Waals surface area contributed by atoms with Gasteiger partial charge in [0.15, 0.2) is 0 Å². The van der Waals surface area contributed by atoms with Gasteiger partial charge in [-0.3, -0.25) is 9.59 Å². The molecule has 1 aliphatic heterocycles. The van der Waals surface area contributed by atoms with Crippen LogP contribution in [0.5, 0.6) is 5.75 Å². The van der Waals surface area contributed by atoms with Crippen LogP contribution in [0.2, 0.25) is 5.02 Å². The fourth-order valence-corrected chi connectivity index (χ4v) is 3.20. The average Bonchev–Trinajstić information content (AvgIpc) is 3.36. The van der Waals surface area contributed by atoms with E-state index in [0.29, 0.717) is 22.2 Å². The third-order valence-corrected chi connectivity index (χ3v) is 4.93. The standard InChI is InChI=1S/C23H18ClN3O5/c1-31-17-8-2-14(3-9-17)20-11-10-18(32-20)12-19-22(29)27(23(30)26-19)13-21(28)25-16-6-4-15(24)5-7-16/h2-12H,13H2,1H3,(H,25,28)(H,26,30). The molecule has 2 aromatic carbocycles. The Morgan fingerprint density at radius 2 is 1.81 bits per heavy atom. The van der Waals surface area contributed by atoms with Gasteiger partial charge in [-0.2, -0.15) is 0 Å². The van der Waals surface area contributed by atoms with Gasteiger partial charge >= 0.3 is 6.03 Å². The second-order valence-electron chi connectivity index (χ2n) is 6.87. The van der Waals surface area contributed by atoms with E-state index in [1.54, 1.807) is 43.5 Å². The minimum atomic E-state index is -0.686. The highest BCUT2D eigenvalue weighted by Gasteiger charge is 2.35. The topological polar surface area (TPSA) is 101 Å². The van der Waals surface area contributed by atoms with Gasteiger partial charge < -0.3 is 19.8 Å². The van der Waals surface area contributed by atoms with Gasteiger partial charge in [0.2, 0.25) is 5.91 Å². The summed E-state index contributed by atoms with van der Waals surface area (Å²) in [6, 6.07) is 16.5. The van der Waals surface area contributed by atoms with Crippen molar-refractivity contribution in [2.24, 2.45) is 0 Å². The Kier molecular flexibility index (Phi) is 5.96. The van der Waals surface area contributed by atoms with Crippen molar-refractivity contribution in [1.29, 1.82) is 0 Å². The Hall–Kier alpha value is -4.04. The van der Waals surface area contributed by atoms with Crippen LogP contribution in [0.3, 0.4) is 0 Å². The van der Waals surface area contributed by atoms with E-state index < -0.39 is 24.4 Å². The van der Waals surface area contributed by atoms with Gasteiger partial charge in [-0.25, -0.2) is 9.69 Å². The fourth-order valence-electron chi connectivity index (χ4n) is 3.08. The molecule has 1 aromatic heterocycles. The number of benzene rings is 2. The smallest absolute Gasteiger partial charge is 0.329 e. The normalized spacial score (nSPS) is 14.6. The van der Waals surface area contributed by atoms with Crippen LogP contribution in [-0.2, 0) is 9.59 Å². The second kappa shape index (κ2) is 8.99. The SMILES string of the molecule is COc1ccc(-c2ccc(C=C3NC(=O)N(CC(=O)Nc4ccc(Cl)cc4)C3=O)o2)cc1. The molecule has 3 aromatic rings. The number of carbonyl (C=O) groups excluding carboxylic acids is 3. The van der Waals surface area contributed by atoms with Gasteiger partial charge in [-0.05, 0) is 60.7 Å². The minimum Gasteiger partial charge on any atom is -0.497 e. The number of nitrogens with zero attached hydrogens (tertiary/aromatic N) is 1. The van der Waals surface area contributed by atoms with Crippen molar-refractivity contribution in [1.82, 2.24) is 10.2 Å². The highest BCUT2D eigenvalue weighted by Crippen LogP contribution is 2.26. The summed E-state index contributed by atoms with van der Waals surface area (Å²) in [6.07, 6.45) is 1.42. The predicted molar refractivity (Wildman–Crippen MR) is 119 cm³/mol. The molecular formula is C23H18ClN3O5. The molecule has 32 heavy (non-hydrogen) atoms. The zero-order chi connectivity index (χ0) is 22.7. The highest BCUT2D eigenvalue weighted by molar-refractivity contribution is 6.30. The number of urea groups is 1. The second-order valence-corrected chi connectivity index (χ2v) is 7.30. The minimum absolute atomic E-state index is 0.0184. The summed E-state index contributed by atoms with van der Waals surface area (Å²) in [5, 5.41) is 5.61. The monoisotopic (exact) mass is 451 g/mol. The molecular weight excluding hydrogens is 434 g/mol. The molecule has 1 saturated heterocycles. The van der Waals surface area contributed by atoms with Crippen LogP contribution in [0.15, 0.2) is 70.8 Å². The molecule has 1 aliphatic rings. The summed E-state index contributed by atoms with van der Waals surface area (Å²) in [5.74, 6) is 0.560. The van der Waals surface area contributed by atoms with Crippen molar-refractivity contribution < 1.29 is 23.5 Å². The molecule has 0 radical (unpaired) electrons. The summed E-state index contributed by atoms with van der Waals surface area (Å²) in [4.78, 5) is 37.9. The van der Waals surface area contributed by atoms with Crippen molar-refractivity contribution in [2.75, 3.05) is 19.0 Å².